The van der Waals surface area contributed by atoms with Crippen molar-refractivity contribution in [2.24, 2.45) is 0 Å². The summed E-state index contributed by atoms with van der Waals surface area (Å²) in [5.74, 6) is 0.876. The van der Waals surface area contributed by atoms with Crippen LogP contribution in [0, 0.1) is 0 Å². The van der Waals surface area contributed by atoms with E-state index in [-0.39, 0.29) is 5.91 Å². The zero-order chi connectivity index (χ0) is 18.2. The highest BCUT2D eigenvalue weighted by atomic mass is 32.2. The minimum absolute atomic E-state index is 0.00228. The number of amides is 1. The van der Waals surface area contributed by atoms with Gasteiger partial charge in [-0.15, -0.1) is 11.8 Å². The lowest BCUT2D eigenvalue weighted by Crippen LogP contribution is -2.37. The molecule has 1 N–H and O–H groups in total. The Labute approximate surface area is 159 Å². The Balaban J connectivity index is 1.42. The average molecular weight is 368 g/mol. The molecule has 26 heavy (non-hydrogen) atoms. The highest BCUT2D eigenvalue weighted by Crippen LogP contribution is 2.22. The van der Waals surface area contributed by atoms with Crippen molar-refractivity contribution >= 4 is 17.7 Å². The SMILES string of the molecule is CC1=CCN(CCNC(=O)c2ccc(SCc3cccnc3)cc2)CC1. The molecule has 0 aliphatic carbocycles. The van der Waals surface area contributed by atoms with Crippen LogP contribution in [0.5, 0.6) is 0 Å². The van der Waals surface area contributed by atoms with Crippen LogP contribution < -0.4 is 5.32 Å². The molecule has 0 bridgehead atoms. The van der Waals surface area contributed by atoms with Gasteiger partial charge in [0, 0.05) is 54.8 Å². The number of carbonyl (C=O) groups excluding carboxylic acids is 1. The summed E-state index contributed by atoms with van der Waals surface area (Å²) in [6, 6.07) is 11.8. The van der Waals surface area contributed by atoms with Crippen molar-refractivity contribution in [2.45, 2.75) is 24.0 Å². The van der Waals surface area contributed by atoms with E-state index >= 15 is 0 Å². The third kappa shape index (κ3) is 5.71. The Bertz CT molecular complexity index is 744. The quantitative estimate of drug-likeness (QED) is 0.598. The Hall–Kier alpha value is -2.11. The predicted octanol–water partition coefficient (Wildman–Crippen LogP) is 3.76. The van der Waals surface area contributed by atoms with Crippen molar-refractivity contribution in [1.29, 1.82) is 0 Å². The van der Waals surface area contributed by atoms with Crippen LogP contribution in [-0.4, -0.2) is 42.0 Å². The first kappa shape index (κ1) is 18.7. The Morgan fingerprint density at radius 2 is 2.12 bits per heavy atom. The lowest BCUT2D eigenvalue weighted by atomic mass is 10.1. The van der Waals surface area contributed by atoms with E-state index in [4.69, 9.17) is 0 Å². The van der Waals surface area contributed by atoms with Crippen molar-refractivity contribution in [3.8, 4) is 0 Å². The third-order valence-corrected chi connectivity index (χ3v) is 5.56. The maximum absolute atomic E-state index is 12.3. The molecule has 0 saturated heterocycles. The van der Waals surface area contributed by atoms with Crippen molar-refractivity contribution in [3.63, 3.8) is 0 Å². The number of carbonyl (C=O) groups is 1. The summed E-state index contributed by atoms with van der Waals surface area (Å²) in [5, 5.41) is 3.02. The zero-order valence-corrected chi connectivity index (χ0v) is 16.0. The number of pyridine rings is 1. The first-order chi connectivity index (χ1) is 12.7. The number of thioether (sulfide) groups is 1. The van der Waals surface area contributed by atoms with E-state index in [1.807, 2.05) is 36.5 Å². The molecule has 0 spiro atoms. The van der Waals surface area contributed by atoms with Crippen LogP contribution in [0.3, 0.4) is 0 Å². The smallest absolute Gasteiger partial charge is 0.251 e. The molecule has 5 heteroatoms. The third-order valence-electron chi connectivity index (χ3n) is 4.48. The van der Waals surface area contributed by atoms with Crippen LogP contribution in [-0.2, 0) is 5.75 Å². The number of nitrogens with one attached hydrogen (secondary N) is 1. The maximum atomic E-state index is 12.3. The molecule has 2 aromatic rings. The highest BCUT2D eigenvalue weighted by molar-refractivity contribution is 7.98. The van der Waals surface area contributed by atoms with Gasteiger partial charge in [-0.3, -0.25) is 14.7 Å². The largest absolute Gasteiger partial charge is 0.351 e. The van der Waals surface area contributed by atoms with Crippen LogP contribution in [0.2, 0.25) is 0 Å². The number of nitrogens with zero attached hydrogens (tertiary/aromatic N) is 2. The van der Waals surface area contributed by atoms with E-state index in [1.54, 1.807) is 18.0 Å². The van der Waals surface area contributed by atoms with Crippen LogP contribution in [0.15, 0.2) is 65.3 Å². The fraction of sp³-hybridized carbons (Fsp3) is 0.333. The second kappa shape index (κ2) is 9.55. The molecular weight excluding hydrogens is 342 g/mol. The minimum atomic E-state index is -0.00228. The van der Waals surface area contributed by atoms with Crippen LogP contribution in [0.4, 0.5) is 0 Å². The Kier molecular flexibility index (Phi) is 6.86. The summed E-state index contributed by atoms with van der Waals surface area (Å²) >= 11 is 1.75. The molecule has 0 fully saturated rings. The van der Waals surface area contributed by atoms with E-state index in [9.17, 15) is 4.79 Å². The summed E-state index contributed by atoms with van der Waals surface area (Å²) in [6.07, 6.45) is 7.07. The van der Waals surface area contributed by atoms with Crippen LogP contribution in [0.1, 0.15) is 29.3 Å². The van der Waals surface area contributed by atoms with Crippen LogP contribution >= 0.6 is 11.8 Å². The topological polar surface area (TPSA) is 45.2 Å². The van der Waals surface area contributed by atoms with Gasteiger partial charge < -0.3 is 5.32 Å². The molecule has 0 unspecified atom stereocenters. The van der Waals surface area contributed by atoms with Crippen molar-refractivity contribution in [2.75, 3.05) is 26.2 Å². The normalized spacial score (nSPS) is 14.7. The number of aromatic nitrogens is 1. The standard InChI is InChI=1S/C21H25N3OS/c1-17-8-12-24(13-9-17)14-11-23-21(25)19-4-6-20(7-5-19)26-16-18-3-2-10-22-15-18/h2-8,10,15H,9,11-14,16H2,1H3,(H,23,25). The molecule has 136 valence electrons. The van der Waals surface area contributed by atoms with E-state index < -0.39 is 0 Å². The summed E-state index contributed by atoms with van der Waals surface area (Å²) in [6.45, 7) is 5.83. The number of rotatable bonds is 7. The second-order valence-electron chi connectivity index (χ2n) is 6.53. The second-order valence-corrected chi connectivity index (χ2v) is 7.58. The summed E-state index contributed by atoms with van der Waals surface area (Å²) < 4.78 is 0. The lowest BCUT2D eigenvalue weighted by molar-refractivity contribution is 0.0948. The van der Waals surface area contributed by atoms with Gasteiger partial charge in [-0.2, -0.15) is 0 Å². The monoisotopic (exact) mass is 367 g/mol. The molecule has 0 atom stereocenters. The molecule has 1 amide bonds. The van der Waals surface area contributed by atoms with Gasteiger partial charge in [0.25, 0.3) is 5.91 Å². The molecule has 2 heterocycles. The van der Waals surface area contributed by atoms with Crippen LogP contribution in [0.25, 0.3) is 0 Å². The van der Waals surface area contributed by atoms with E-state index in [2.05, 4.69) is 34.3 Å². The minimum Gasteiger partial charge on any atom is -0.351 e. The molecule has 1 aliphatic heterocycles. The Morgan fingerprint density at radius 3 is 2.81 bits per heavy atom. The first-order valence-electron chi connectivity index (χ1n) is 8.98. The molecule has 0 saturated carbocycles. The van der Waals surface area contributed by atoms with E-state index in [0.717, 1.165) is 36.7 Å². The summed E-state index contributed by atoms with van der Waals surface area (Å²) in [4.78, 5) is 19.9. The fourth-order valence-corrected chi connectivity index (χ4v) is 3.63. The van der Waals surface area contributed by atoms with Crippen molar-refractivity contribution < 1.29 is 4.79 Å². The molecule has 3 rings (SSSR count). The number of benzene rings is 1. The van der Waals surface area contributed by atoms with Gasteiger partial charge in [0.1, 0.15) is 0 Å². The van der Waals surface area contributed by atoms with Gasteiger partial charge in [0.05, 0.1) is 0 Å². The number of hydrogen-bond donors (Lipinski definition) is 1. The van der Waals surface area contributed by atoms with Gasteiger partial charge in [-0.05, 0) is 49.2 Å². The van der Waals surface area contributed by atoms with Gasteiger partial charge in [0.15, 0.2) is 0 Å². The molecule has 4 nitrogen and oxygen atoms in total. The zero-order valence-electron chi connectivity index (χ0n) is 15.1. The summed E-state index contributed by atoms with van der Waals surface area (Å²) in [7, 11) is 0. The molecule has 0 radical (unpaired) electrons. The molecule has 1 aliphatic rings. The van der Waals surface area contributed by atoms with Gasteiger partial charge in [-0.1, -0.05) is 17.7 Å². The van der Waals surface area contributed by atoms with Crippen molar-refractivity contribution in [3.05, 3.63) is 71.6 Å². The summed E-state index contributed by atoms with van der Waals surface area (Å²) in [5.41, 5.74) is 3.37. The van der Waals surface area contributed by atoms with Gasteiger partial charge in [-0.25, -0.2) is 0 Å². The first-order valence-corrected chi connectivity index (χ1v) is 9.97. The van der Waals surface area contributed by atoms with E-state index in [1.165, 1.54) is 11.1 Å². The van der Waals surface area contributed by atoms with Gasteiger partial charge in [0.2, 0.25) is 0 Å². The predicted molar refractivity (Wildman–Crippen MR) is 107 cm³/mol. The fourth-order valence-electron chi connectivity index (χ4n) is 2.80. The Morgan fingerprint density at radius 1 is 1.27 bits per heavy atom. The van der Waals surface area contributed by atoms with Gasteiger partial charge >= 0.3 is 0 Å². The maximum Gasteiger partial charge on any atom is 0.251 e. The average Bonchev–Trinajstić information content (AvgIpc) is 2.69. The molecular formula is C21H25N3OS. The molecule has 1 aromatic carbocycles. The number of hydrogen-bond acceptors (Lipinski definition) is 4. The molecule has 1 aromatic heterocycles. The highest BCUT2D eigenvalue weighted by Gasteiger charge is 2.10. The van der Waals surface area contributed by atoms with Crippen molar-refractivity contribution in [1.82, 2.24) is 15.2 Å². The lowest BCUT2D eigenvalue weighted by Gasteiger charge is -2.25. The van der Waals surface area contributed by atoms with E-state index in [0.29, 0.717) is 12.1 Å².